The lowest BCUT2D eigenvalue weighted by Crippen LogP contribution is -2.34. The van der Waals surface area contributed by atoms with Gasteiger partial charge in [-0.2, -0.15) is 0 Å². The standard InChI is InChI=1S/C29H28ClFN4O4/c30-21-5-4-19(23(31)14-21)17-39-28-3-1-2-24(33-28)18-6-9-34(10-7-18)16-27-32-25-12-20(29(36)37)13-26(25)35(27)15-22-8-11-38-22/h1-6,12,14,22H,7-11,13,15-17H2,(H,36,37)/t22-/m0/s1. The van der Waals surface area contributed by atoms with Crippen LogP contribution in [0.5, 0.6) is 5.88 Å². The van der Waals surface area contributed by atoms with E-state index in [1.165, 1.54) is 6.07 Å². The molecule has 1 aliphatic carbocycles. The monoisotopic (exact) mass is 550 g/mol. The van der Waals surface area contributed by atoms with E-state index in [9.17, 15) is 14.3 Å². The SMILES string of the molecule is O=C(O)C1=Cc2nc(CN3CC=C(c4cccc(OCc5ccc(Cl)cc5F)n4)CC3)n(C[C@@H]3CCO3)c2C1. The predicted octanol–water partition coefficient (Wildman–Crippen LogP) is 4.75. The maximum Gasteiger partial charge on any atom is 0.332 e. The van der Waals surface area contributed by atoms with E-state index in [-0.39, 0.29) is 12.7 Å². The molecule has 0 unspecified atom stereocenters. The van der Waals surface area contributed by atoms with Gasteiger partial charge in [0.05, 0.1) is 30.6 Å². The van der Waals surface area contributed by atoms with Crippen LogP contribution in [0.25, 0.3) is 11.6 Å². The van der Waals surface area contributed by atoms with Gasteiger partial charge in [0.25, 0.3) is 0 Å². The summed E-state index contributed by atoms with van der Waals surface area (Å²) >= 11 is 5.83. The smallest absolute Gasteiger partial charge is 0.332 e. The summed E-state index contributed by atoms with van der Waals surface area (Å²) in [7, 11) is 0. The third-order valence-corrected chi connectivity index (χ3v) is 7.64. The molecule has 1 atom stereocenters. The first-order valence-electron chi connectivity index (χ1n) is 13.0. The summed E-state index contributed by atoms with van der Waals surface area (Å²) in [4.78, 5) is 23.3. The Morgan fingerprint density at radius 3 is 2.85 bits per heavy atom. The Bertz CT molecular complexity index is 1480. The number of halogens is 2. The molecular formula is C29H28ClFN4O4. The van der Waals surface area contributed by atoms with E-state index in [0.717, 1.165) is 61.0 Å². The van der Waals surface area contributed by atoms with E-state index < -0.39 is 11.8 Å². The van der Waals surface area contributed by atoms with Gasteiger partial charge in [-0.1, -0.05) is 29.8 Å². The lowest BCUT2D eigenvalue weighted by Gasteiger charge is -2.30. The largest absolute Gasteiger partial charge is 0.478 e. The van der Waals surface area contributed by atoms with Crippen LogP contribution in [-0.4, -0.2) is 56.3 Å². The number of carboxylic acid groups (broad SMARTS) is 1. The highest BCUT2D eigenvalue weighted by molar-refractivity contribution is 6.30. The Morgan fingerprint density at radius 1 is 1.26 bits per heavy atom. The van der Waals surface area contributed by atoms with Crippen molar-refractivity contribution >= 4 is 29.2 Å². The summed E-state index contributed by atoms with van der Waals surface area (Å²) in [5, 5.41) is 9.77. The molecule has 10 heteroatoms. The molecular weight excluding hydrogens is 523 g/mol. The third kappa shape index (κ3) is 5.61. The zero-order chi connectivity index (χ0) is 26.9. The molecule has 1 fully saturated rings. The summed E-state index contributed by atoms with van der Waals surface area (Å²) in [6.07, 6.45) is 6.23. The average Bonchev–Trinajstić information content (AvgIpc) is 3.45. The van der Waals surface area contributed by atoms with Crippen LogP contribution < -0.4 is 4.74 Å². The Balaban J connectivity index is 1.12. The molecule has 1 N–H and O–H groups in total. The number of rotatable bonds is 9. The van der Waals surface area contributed by atoms with E-state index in [0.29, 0.717) is 41.5 Å². The molecule has 0 spiro atoms. The van der Waals surface area contributed by atoms with Crippen molar-refractivity contribution in [1.29, 1.82) is 0 Å². The van der Waals surface area contributed by atoms with Crippen molar-refractivity contribution in [3.05, 3.63) is 87.4 Å². The predicted molar refractivity (Wildman–Crippen MR) is 144 cm³/mol. The highest BCUT2D eigenvalue weighted by atomic mass is 35.5. The number of aliphatic carboxylic acids is 1. The van der Waals surface area contributed by atoms with Crippen molar-refractivity contribution in [1.82, 2.24) is 19.4 Å². The zero-order valence-corrected chi connectivity index (χ0v) is 22.0. The van der Waals surface area contributed by atoms with E-state index in [4.69, 9.17) is 26.1 Å². The normalized spacial score (nSPS) is 18.8. The van der Waals surface area contributed by atoms with Gasteiger partial charge >= 0.3 is 5.97 Å². The Kier molecular flexibility index (Phi) is 7.20. The minimum absolute atomic E-state index is 0.0674. The van der Waals surface area contributed by atoms with Crippen LogP contribution in [0, 0.1) is 5.82 Å². The van der Waals surface area contributed by atoms with Crippen LogP contribution in [0.4, 0.5) is 4.39 Å². The lowest BCUT2D eigenvalue weighted by molar-refractivity contribution is -0.132. The number of ether oxygens (including phenoxy) is 2. The molecule has 39 heavy (non-hydrogen) atoms. The Labute approximate surface area is 230 Å². The van der Waals surface area contributed by atoms with Crippen molar-refractivity contribution in [2.75, 3.05) is 19.7 Å². The second-order valence-corrected chi connectivity index (χ2v) is 10.4. The van der Waals surface area contributed by atoms with Gasteiger partial charge in [0, 0.05) is 54.0 Å². The number of hydrogen-bond acceptors (Lipinski definition) is 6. The molecule has 1 aromatic carbocycles. The minimum atomic E-state index is -0.894. The van der Waals surface area contributed by atoms with Crippen LogP contribution in [0.2, 0.25) is 5.02 Å². The fourth-order valence-electron chi connectivity index (χ4n) is 5.11. The summed E-state index contributed by atoms with van der Waals surface area (Å²) < 4.78 is 27.7. The highest BCUT2D eigenvalue weighted by Gasteiger charge is 2.29. The van der Waals surface area contributed by atoms with E-state index in [1.807, 2.05) is 12.1 Å². The topological polar surface area (TPSA) is 89.7 Å². The van der Waals surface area contributed by atoms with Crippen molar-refractivity contribution < 1.29 is 23.8 Å². The summed E-state index contributed by atoms with van der Waals surface area (Å²) in [5.41, 5.74) is 4.50. The van der Waals surface area contributed by atoms with Crippen LogP contribution in [0.15, 0.2) is 48.0 Å². The van der Waals surface area contributed by atoms with Gasteiger partial charge in [-0.15, -0.1) is 0 Å². The molecule has 2 aliphatic heterocycles. The van der Waals surface area contributed by atoms with Gasteiger partial charge in [0.15, 0.2) is 0 Å². The Morgan fingerprint density at radius 2 is 2.13 bits per heavy atom. The van der Waals surface area contributed by atoms with E-state index in [2.05, 4.69) is 20.5 Å². The molecule has 0 amide bonds. The first-order valence-corrected chi connectivity index (χ1v) is 13.4. The molecule has 4 heterocycles. The van der Waals surface area contributed by atoms with Crippen molar-refractivity contribution in [2.24, 2.45) is 0 Å². The number of aromatic nitrogens is 3. The summed E-state index contributed by atoms with van der Waals surface area (Å²) in [6, 6.07) is 10.1. The van der Waals surface area contributed by atoms with Crippen molar-refractivity contribution in [3.63, 3.8) is 0 Å². The van der Waals surface area contributed by atoms with Gasteiger partial charge in [-0.05, 0) is 42.7 Å². The number of pyridine rings is 1. The average molecular weight is 551 g/mol. The number of benzene rings is 1. The molecule has 1 saturated heterocycles. The molecule has 0 bridgehead atoms. The molecule has 2 aromatic heterocycles. The van der Waals surface area contributed by atoms with Gasteiger partial charge in [0.2, 0.25) is 5.88 Å². The molecule has 3 aliphatic rings. The Hall–Kier alpha value is -3.53. The van der Waals surface area contributed by atoms with E-state index in [1.54, 1.807) is 24.3 Å². The first kappa shape index (κ1) is 25.7. The molecule has 6 rings (SSSR count). The maximum atomic E-state index is 14.1. The van der Waals surface area contributed by atoms with Gasteiger partial charge in [0.1, 0.15) is 18.2 Å². The molecule has 8 nitrogen and oxygen atoms in total. The number of nitrogens with zero attached hydrogens (tertiary/aromatic N) is 4. The van der Waals surface area contributed by atoms with Gasteiger partial charge < -0.3 is 19.1 Å². The summed E-state index contributed by atoms with van der Waals surface area (Å²) in [5.74, 6) is 0.0813. The minimum Gasteiger partial charge on any atom is -0.478 e. The maximum absolute atomic E-state index is 14.1. The van der Waals surface area contributed by atoms with E-state index >= 15 is 0 Å². The zero-order valence-electron chi connectivity index (χ0n) is 21.3. The van der Waals surface area contributed by atoms with Gasteiger partial charge in [-0.25, -0.2) is 19.2 Å². The molecule has 0 saturated carbocycles. The fraction of sp³-hybridized carbons (Fsp3) is 0.345. The van der Waals surface area contributed by atoms with Crippen LogP contribution >= 0.6 is 11.6 Å². The number of carbonyl (C=O) groups is 1. The molecule has 3 aromatic rings. The second-order valence-electron chi connectivity index (χ2n) is 10.0. The lowest BCUT2D eigenvalue weighted by atomic mass is 10.0. The van der Waals surface area contributed by atoms with Crippen LogP contribution in [0.1, 0.15) is 41.3 Å². The number of carboxylic acids is 1. The number of fused-ring (bicyclic) bond motifs is 1. The summed E-state index contributed by atoms with van der Waals surface area (Å²) in [6.45, 7) is 3.78. The van der Waals surface area contributed by atoms with Crippen LogP contribution in [-0.2, 0) is 35.6 Å². The second kappa shape index (κ2) is 10.9. The third-order valence-electron chi connectivity index (χ3n) is 7.41. The highest BCUT2D eigenvalue weighted by Crippen LogP contribution is 2.30. The van der Waals surface area contributed by atoms with Gasteiger partial charge in [-0.3, -0.25) is 4.90 Å². The van der Waals surface area contributed by atoms with Crippen molar-refractivity contribution in [2.45, 2.75) is 45.1 Å². The van der Waals surface area contributed by atoms with Crippen LogP contribution in [0.3, 0.4) is 0 Å². The number of hydrogen-bond donors (Lipinski definition) is 1. The number of imidazole rings is 1. The molecule has 202 valence electrons. The first-order chi connectivity index (χ1) is 18.9. The van der Waals surface area contributed by atoms with Crippen molar-refractivity contribution in [3.8, 4) is 5.88 Å². The fourth-order valence-corrected chi connectivity index (χ4v) is 5.27. The quantitative estimate of drug-likeness (QED) is 0.411. The molecule has 0 radical (unpaired) electrons.